The summed E-state index contributed by atoms with van der Waals surface area (Å²) in [5, 5.41) is 7.71. The first-order valence-electron chi connectivity index (χ1n) is 8.65. The Morgan fingerprint density at radius 3 is 2.54 bits per heavy atom. The van der Waals surface area contributed by atoms with Gasteiger partial charge in [0.25, 0.3) is 0 Å². The number of nitrogens with zero attached hydrogens (tertiary/aromatic N) is 1. The second-order valence-corrected chi connectivity index (χ2v) is 6.67. The van der Waals surface area contributed by atoms with Crippen LogP contribution in [0.15, 0.2) is 41.8 Å². The standard InChI is InChI=1S/C19H25N3O3S/c1-3-22(13-18(23)20-12-15-8-7-11-26-15)14-19(24)21-16-9-5-6-10-17(16)25-4-2/h5-11H,3-4,12-14H2,1-2H3,(H,20,23)(H,21,24). The van der Waals surface area contributed by atoms with E-state index in [4.69, 9.17) is 4.74 Å². The molecule has 0 unspecified atom stereocenters. The number of thiophene rings is 1. The van der Waals surface area contributed by atoms with Crippen LogP contribution in [0.25, 0.3) is 0 Å². The molecule has 7 heteroatoms. The molecule has 0 bridgehead atoms. The van der Waals surface area contributed by atoms with E-state index in [-0.39, 0.29) is 24.9 Å². The summed E-state index contributed by atoms with van der Waals surface area (Å²) in [7, 11) is 0. The number of carbonyl (C=O) groups excluding carboxylic acids is 2. The zero-order valence-corrected chi connectivity index (χ0v) is 16.0. The van der Waals surface area contributed by atoms with Gasteiger partial charge in [-0.3, -0.25) is 14.5 Å². The van der Waals surface area contributed by atoms with E-state index in [1.54, 1.807) is 22.3 Å². The van der Waals surface area contributed by atoms with E-state index in [2.05, 4.69) is 10.6 Å². The summed E-state index contributed by atoms with van der Waals surface area (Å²) >= 11 is 1.60. The van der Waals surface area contributed by atoms with Crippen molar-refractivity contribution in [3.05, 3.63) is 46.7 Å². The Morgan fingerprint density at radius 2 is 1.85 bits per heavy atom. The van der Waals surface area contributed by atoms with Gasteiger partial charge in [0.2, 0.25) is 11.8 Å². The number of benzene rings is 1. The van der Waals surface area contributed by atoms with E-state index in [0.29, 0.717) is 31.1 Å². The molecule has 0 aliphatic rings. The maximum Gasteiger partial charge on any atom is 0.238 e. The van der Waals surface area contributed by atoms with Gasteiger partial charge in [-0.1, -0.05) is 25.1 Å². The molecule has 6 nitrogen and oxygen atoms in total. The molecule has 0 radical (unpaired) electrons. The molecule has 0 saturated heterocycles. The summed E-state index contributed by atoms with van der Waals surface area (Å²) in [5.41, 5.74) is 0.637. The van der Waals surface area contributed by atoms with Gasteiger partial charge < -0.3 is 15.4 Å². The summed E-state index contributed by atoms with van der Waals surface area (Å²) in [5.74, 6) is 0.368. The minimum absolute atomic E-state index is 0.0947. The maximum absolute atomic E-state index is 12.3. The molecule has 0 saturated carbocycles. The van der Waals surface area contributed by atoms with Gasteiger partial charge in [-0.05, 0) is 37.0 Å². The van der Waals surface area contributed by atoms with Crippen molar-refractivity contribution in [3.63, 3.8) is 0 Å². The molecule has 0 spiro atoms. The number of carbonyl (C=O) groups is 2. The summed E-state index contributed by atoms with van der Waals surface area (Å²) in [6.07, 6.45) is 0. The Balaban J connectivity index is 1.82. The van der Waals surface area contributed by atoms with Crippen LogP contribution in [0.3, 0.4) is 0 Å². The van der Waals surface area contributed by atoms with Crippen molar-refractivity contribution in [2.75, 3.05) is 31.6 Å². The number of hydrogen-bond acceptors (Lipinski definition) is 5. The van der Waals surface area contributed by atoms with E-state index in [1.807, 2.05) is 49.6 Å². The number of para-hydroxylation sites is 2. The number of rotatable bonds is 10. The third kappa shape index (κ3) is 6.50. The topological polar surface area (TPSA) is 70.7 Å². The van der Waals surface area contributed by atoms with Gasteiger partial charge in [0.15, 0.2) is 0 Å². The summed E-state index contributed by atoms with van der Waals surface area (Å²) < 4.78 is 5.51. The SMILES string of the molecule is CCOc1ccccc1NC(=O)CN(CC)CC(=O)NCc1cccs1. The average Bonchev–Trinajstić information content (AvgIpc) is 3.15. The van der Waals surface area contributed by atoms with Gasteiger partial charge in [0, 0.05) is 4.88 Å². The lowest BCUT2D eigenvalue weighted by molar-refractivity contribution is -0.123. The largest absolute Gasteiger partial charge is 0.492 e. The van der Waals surface area contributed by atoms with Gasteiger partial charge >= 0.3 is 0 Å². The van der Waals surface area contributed by atoms with Gasteiger partial charge in [-0.15, -0.1) is 11.3 Å². The number of ether oxygens (including phenoxy) is 1. The van der Waals surface area contributed by atoms with Gasteiger partial charge in [-0.25, -0.2) is 0 Å². The van der Waals surface area contributed by atoms with Gasteiger partial charge in [-0.2, -0.15) is 0 Å². The predicted octanol–water partition coefficient (Wildman–Crippen LogP) is 2.72. The Morgan fingerprint density at radius 1 is 1.08 bits per heavy atom. The second kappa shape index (κ2) is 10.6. The van der Waals surface area contributed by atoms with Gasteiger partial charge in [0.1, 0.15) is 5.75 Å². The Kier molecular flexibility index (Phi) is 8.11. The highest BCUT2D eigenvalue weighted by molar-refractivity contribution is 7.09. The van der Waals surface area contributed by atoms with E-state index in [1.165, 1.54) is 0 Å². The molecule has 2 aromatic rings. The maximum atomic E-state index is 12.3. The van der Waals surface area contributed by atoms with E-state index in [0.717, 1.165) is 4.88 Å². The molecule has 2 N–H and O–H groups in total. The molecule has 1 aromatic heterocycles. The van der Waals surface area contributed by atoms with Crippen LogP contribution in [0.4, 0.5) is 5.69 Å². The van der Waals surface area contributed by atoms with Crippen LogP contribution in [-0.2, 0) is 16.1 Å². The third-order valence-corrected chi connectivity index (χ3v) is 4.56. The molecule has 0 fully saturated rings. The zero-order chi connectivity index (χ0) is 18.8. The first-order chi connectivity index (χ1) is 12.6. The Bertz CT molecular complexity index is 704. The fourth-order valence-electron chi connectivity index (χ4n) is 2.38. The monoisotopic (exact) mass is 375 g/mol. The highest BCUT2D eigenvalue weighted by Gasteiger charge is 2.14. The molecule has 0 aliphatic carbocycles. The number of anilines is 1. The van der Waals surface area contributed by atoms with Crippen molar-refractivity contribution in [2.24, 2.45) is 0 Å². The molecule has 0 atom stereocenters. The fraction of sp³-hybridized carbons (Fsp3) is 0.368. The number of nitrogens with one attached hydrogen (secondary N) is 2. The highest BCUT2D eigenvalue weighted by Crippen LogP contribution is 2.23. The Hall–Kier alpha value is -2.38. The quantitative estimate of drug-likeness (QED) is 0.670. The predicted molar refractivity (Wildman–Crippen MR) is 105 cm³/mol. The molecule has 1 aromatic carbocycles. The van der Waals surface area contributed by atoms with Crippen LogP contribution in [-0.4, -0.2) is 43.0 Å². The van der Waals surface area contributed by atoms with Crippen LogP contribution in [0.2, 0.25) is 0 Å². The minimum atomic E-state index is -0.176. The summed E-state index contributed by atoms with van der Waals surface area (Å²) in [6, 6.07) is 11.2. The Labute approximate surface area is 158 Å². The lowest BCUT2D eigenvalue weighted by Gasteiger charge is -2.20. The smallest absolute Gasteiger partial charge is 0.238 e. The lowest BCUT2D eigenvalue weighted by Crippen LogP contribution is -2.40. The van der Waals surface area contributed by atoms with Crippen molar-refractivity contribution in [2.45, 2.75) is 20.4 Å². The van der Waals surface area contributed by atoms with Crippen LogP contribution in [0.5, 0.6) is 5.75 Å². The van der Waals surface area contributed by atoms with Crippen molar-refractivity contribution in [3.8, 4) is 5.75 Å². The van der Waals surface area contributed by atoms with E-state index in [9.17, 15) is 9.59 Å². The molecule has 2 amide bonds. The molecule has 26 heavy (non-hydrogen) atoms. The van der Waals surface area contributed by atoms with Crippen LogP contribution in [0.1, 0.15) is 18.7 Å². The average molecular weight is 375 g/mol. The summed E-state index contributed by atoms with van der Waals surface area (Å²) in [4.78, 5) is 27.3. The van der Waals surface area contributed by atoms with E-state index >= 15 is 0 Å². The molecule has 0 aliphatic heterocycles. The van der Waals surface area contributed by atoms with Crippen LogP contribution >= 0.6 is 11.3 Å². The van der Waals surface area contributed by atoms with Crippen molar-refractivity contribution in [1.82, 2.24) is 10.2 Å². The number of likely N-dealkylation sites (N-methyl/N-ethyl adjacent to an activating group) is 1. The number of hydrogen-bond donors (Lipinski definition) is 2. The first-order valence-corrected chi connectivity index (χ1v) is 9.53. The van der Waals surface area contributed by atoms with Crippen LogP contribution < -0.4 is 15.4 Å². The lowest BCUT2D eigenvalue weighted by atomic mass is 10.3. The molecule has 2 rings (SSSR count). The minimum Gasteiger partial charge on any atom is -0.492 e. The normalized spacial score (nSPS) is 10.6. The van der Waals surface area contributed by atoms with Gasteiger partial charge in [0.05, 0.1) is 31.9 Å². The highest BCUT2D eigenvalue weighted by atomic mass is 32.1. The third-order valence-electron chi connectivity index (χ3n) is 3.68. The molecule has 140 valence electrons. The van der Waals surface area contributed by atoms with Crippen molar-refractivity contribution >= 4 is 28.8 Å². The molecule has 1 heterocycles. The van der Waals surface area contributed by atoms with Crippen LogP contribution in [0, 0.1) is 0 Å². The number of amides is 2. The second-order valence-electron chi connectivity index (χ2n) is 5.64. The van der Waals surface area contributed by atoms with Crippen molar-refractivity contribution in [1.29, 1.82) is 0 Å². The molecular weight excluding hydrogens is 350 g/mol. The fourth-order valence-corrected chi connectivity index (χ4v) is 3.03. The van der Waals surface area contributed by atoms with Crippen molar-refractivity contribution < 1.29 is 14.3 Å². The zero-order valence-electron chi connectivity index (χ0n) is 15.2. The summed E-state index contributed by atoms with van der Waals surface area (Å²) in [6.45, 7) is 5.79. The van der Waals surface area contributed by atoms with E-state index < -0.39 is 0 Å². The molecular formula is C19H25N3O3S. The first kappa shape index (κ1) is 19.9.